The van der Waals surface area contributed by atoms with Crippen molar-refractivity contribution >= 4 is 17.4 Å². The van der Waals surface area contributed by atoms with Crippen LogP contribution in [0.3, 0.4) is 0 Å². The zero-order valence-corrected chi connectivity index (χ0v) is 11.1. The summed E-state index contributed by atoms with van der Waals surface area (Å²) in [5, 5.41) is 0.667. The maximum Gasteiger partial charge on any atom is 0.163 e. The SMILES string of the molecule is CC(CC(=O)c1ccc(Cl)cc1)C(C)(C)C. The van der Waals surface area contributed by atoms with Crippen molar-refractivity contribution < 1.29 is 4.79 Å². The number of rotatable bonds is 3. The number of benzene rings is 1. The molecule has 1 rings (SSSR count). The van der Waals surface area contributed by atoms with E-state index in [9.17, 15) is 4.79 Å². The van der Waals surface area contributed by atoms with E-state index < -0.39 is 0 Å². The standard InChI is InChI=1S/C14H19ClO/c1-10(14(2,3)4)9-13(16)11-5-7-12(15)8-6-11/h5-8,10H,9H2,1-4H3. The van der Waals surface area contributed by atoms with E-state index in [-0.39, 0.29) is 11.2 Å². The van der Waals surface area contributed by atoms with Crippen LogP contribution in [-0.2, 0) is 0 Å². The van der Waals surface area contributed by atoms with Gasteiger partial charge in [0.05, 0.1) is 0 Å². The van der Waals surface area contributed by atoms with Gasteiger partial charge in [0.25, 0.3) is 0 Å². The second-order valence-corrected chi connectivity index (χ2v) is 5.84. The number of carbonyl (C=O) groups excluding carboxylic acids is 1. The van der Waals surface area contributed by atoms with Gasteiger partial charge in [-0.1, -0.05) is 39.3 Å². The summed E-state index contributed by atoms with van der Waals surface area (Å²) in [7, 11) is 0. The third-order valence-corrected chi connectivity index (χ3v) is 3.39. The van der Waals surface area contributed by atoms with Crippen molar-refractivity contribution in [2.24, 2.45) is 11.3 Å². The Hall–Kier alpha value is -0.820. The van der Waals surface area contributed by atoms with Crippen LogP contribution < -0.4 is 0 Å². The Balaban J connectivity index is 2.70. The molecule has 0 amide bonds. The molecule has 0 N–H and O–H groups in total. The van der Waals surface area contributed by atoms with Gasteiger partial charge < -0.3 is 0 Å². The molecule has 0 fully saturated rings. The van der Waals surface area contributed by atoms with Gasteiger partial charge in [-0.05, 0) is 35.6 Å². The minimum atomic E-state index is 0.169. The molecular weight excluding hydrogens is 220 g/mol. The van der Waals surface area contributed by atoms with Crippen molar-refractivity contribution in [3.8, 4) is 0 Å². The van der Waals surface area contributed by atoms with Crippen molar-refractivity contribution in [3.63, 3.8) is 0 Å². The van der Waals surface area contributed by atoms with Crippen molar-refractivity contribution in [2.45, 2.75) is 34.1 Å². The number of halogens is 1. The molecule has 0 aliphatic carbocycles. The zero-order valence-electron chi connectivity index (χ0n) is 10.4. The van der Waals surface area contributed by atoms with Crippen LogP contribution in [0.4, 0.5) is 0 Å². The molecule has 1 unspecified atom stereocenters. The van der Waals surface area contributed by atoms with Gasteiger partial charge in [0, 0.05) is 17.0 Å². The summed E-state index contributed by atoms with van der Waals surface area (Å²) < 4.78 is 0. The maximum absolute atomic E-state index is 12.0. The minimum absolute atomic E-state index is 0.169. The Morgan fingerprint density at radius 1 is 1.25 bits per heavy atom. The Kier molecular flexibility index (Phi) is 4.15. The lowest BCUT2D eigenvalue weighted by atomic mass is 9.78. The van der Waals surface area contributed by atoms with E-state index >= 15 is 0 Å². The lowest BCUT2D eigenvalue weighted by molar-refractivity contribution is 0.0927. The van der Waals surface area contributed by atoms with Gasteiger partial charge in [0.2, 0.25) is 0 Å². The zero-order chi connectivity index (χ0) is 12.3. The number of hydrogen-bond donors (Lipinski definition) is 0. The van der Waals surface area contributed by atoms with Crippen LogP contribution in [0.2, 0.25) is 5.02 Å². The summed E-state index contributed by atoms with van der Waals surface area (Å²) in [5.41, 5.74) is 0.919. The molecule has 1 nitrogen and oxygen atoms in total. The molecule has 1 aromatic carbocycles. The molecule has 0 saturated carbocycles. The van der Waals surface area contributed by atoms with Crippen LogP contribution in [0.15, 0.2) is 24.3 Å². The van der Waals surface area contributed by atoms with Crippen molar-refractivity contribution in [2.75, 3.05) is 0 Å². The lowest BCUT2D eigenvalue weighted by Gasteiger charge is -2.26. The maximum atomic E-state index is 12.0. The smallest absolute Gasteiger partial charge is 0.163 e. The summed E-state index contributed by atoms with van der Waals surface area (Å²) in [6.07, 6.45) is 0.588. The molecule has 88 valence electrons. The minimum Gasteiger partial charge on any atom is -0.294 e. The normalized spacial score (nSPS) is 13.6. The van der Waals surface area contributed by atoms with Gasteiger partial charge >= 0.3 is 0 Å². The van der Waals surface area contributed by atoms with Crippen LogP contribution in [0.5, 0.6) is 0 Å². The van der Waals surface area contributed by atoms with E-state index in [1.807, 2.05) is 0 Å². The number of ketones is 1. The monoisotopic (exact) mass is 238 g/mol. The molecule has 0 heterocycles. The summed E-state index contributed by atoms with van der Waals surface area (Å²) in [6.45, 7) is 8.60. The lowest BCUT2D eigenvalue weighted by Crippen LogP contribution is -2.20. The fourth-order valence-electron chi connectivity index (χ4n) is 1.34. The van der Waals surface area contributed by atoms with E-state index in [4.69, 9.17) is 11.6 Å². The first kappa shape index (κ1) is 13.2. The second kappa shape index (κ2) is 5.01. The molecule has 0 aromatic heterocycles. The van der Waals surface area contributed by atoms with Crippen LogP contribution in [0.1, 0.15) is 44.5 Å². The molecular formula is C14H19ClO. The first-order valence-electron chi connectivity index (χ1n) is 5.59. The largest absolute Gasteiger partial charge is 0.294 e. The molecule has 16 heavy (non-hydrogen) atoms. The summed E-state index contributed by atoms with van der Waals surface area (Å²) in [5.74, 6) is 0.565. The van der Waals surface area contributed by atoms with Gasteiger partial charge in [-0.2, -0.15) is 0 Å². The van der Waals surface area contributed by atoms with E-state index in [1.54, 1.807) is 24.3 Å². The van der Waals surface area contributed by atoms with E-state index in [2.05, 4.69) is 27.7 Å². The highest BCUT2D eigenvalue weighted by atomic mass is 35.5. The number of hydrogen-bond acceptors (Lipinski definition) is 1. The third-order valence-electron chi connectivity index (χ3n) is 3.14. The summed E-state index contributed by atoms with van der Waals surface area (Å²) in [6, 6.07) is 7.10. The molecule has 1 atom stereocenters. The van der Waals surface area contributed by atoms with Crippen molar-refractivity contribution in [3.05, 3.63) is 34.9 Å². The topological polar surface area (TPSA) is 17.1 Å². The van der Waals surface area contributed by atoms with Gasteiger partial charge in [-0.15, -0.1) is 0 Å². The second-order valence-electron chi connectivity index (χ2n) is 5.40. The van der Waals surface area contributed by atoms with Crippen LogP contribution in [-0.4, -0.2) is 5.78 Å². The summed E-state index contributed by atoms with van der Waals surface area (Å²) in [4.78, 5) is 12.0. The molecule has 0 saturated heterocycles. The third kappa shape index (κ3) is 3.64. The Labute approximate surface area is 103 Å². The van der Waals surface area contributed by atoms with E-state index in [1.165, 1.54) is 0 Å². The van der Waals surface area contributed by atoms with Crippen molar-refractivity contribution in [1.29, 1.82) is 0 Å². The highest BCUT2D eigenvalue weighted by molar-refractivity contribution is 6.30. The molecule has 2 heteroatoms. The van der Waals surface area contributed by atoms with Crippen molar-refractivity contribution in [1.82, 2.24) is 0 Å². The first-order valence-corrected chi connectivity index (χ1v) is 5.97. The highest BCUT2D eigenvalue weighted by Gasteiger charge is 2.22. The van der Waals surface area contributed by atoms with Crippen LogP contribution >= 0.6 is 11.6 Å². The molecule has 0 aliphatic rings. The van der Waals surface area contributed by atoms with E-state index in [0.29, 0.717) is 17.4 Å². The van der Waals surface area contributed by atoms with Gasteiger partial charge in [0.15, 0.2) is 5.78 Å². The number of Topliss-reactive ketones (excluding diaryl/α,β-unsaturated/α-hetero) is 1. The Morgan fingerprint density at radius 3 is 2.19 bits per heavy atom. The predicted octanol–water partition coefficient (Wildman–Crippen LogP) is 4.60. The fourth-order valence-corrected chi connectivity index (χ4v) is 1.46. The molecule has 0 bridgehead atoms. The molecule has 0 aliphatic heterocycles. The average Bonchev–Trinajstić information content (AvgIpc) is 2.17. The van der Waals surface area contributed by atoms with Gasteiger partial charge in [0.1, 0.15) is 0 Å². The molecule has 1 aromatic rings. The quantitative estimate of drug-likeness (QED) is 0.704. The average molecular weight is 239 g/mol. The highest BCUT2D eigenvalue weighted by Crippen LogP contribution is 2.29. The predicted molar refractivity (Wildman–Crippen MR) is 69.0 cm³/mol. The number of carbonyl (C=O) groups is 1. The fraction of sp³-hybridized carbons (Fsp3) is 0.500. The van der Waals surface area contributed by atoms with E-state index in [0.717, 1.165) is 5.56 Å². The Morgan fingerprint density at radius 2 is 1.75 bits per heavy atom. The van der Waals surface area contributed by atoms with Crippen LogP contribution in [0.25, 0.3) is 0 Å². The Bertz CT molecular complexity index is 359. The molecule has 0 spiro atoms. The molecule has 0 radical (unpaired) electrons. The van der Waals surface area contributed by atoms with Gasteiger partial charge in [-0.25, -0.2) is 0 Å². The van der Waals surface area contributed by atoms with Crippen LogP contribution in [0, 0.1) is 11.3 Å². The first-order chi connectivity index (χ1) is 7.30. The van der Waals surface area contributed by atoms with Gasteiger partial charge in [-0.3, -0.25) is 4.79 Å². The summed E-state index contributed by atoms with van der Waals surface area (Å²) >= 11 is 5.78.